The molecule has 0 saturated carbocycles. The van der Waals surface area contributed by atoms with Gasteiger partial charge in [-0.25, -0.2) is 14.8 Å². The molecule has 3 heterocycles. The van der Waals surface area contributed by atoms with Crippen LogP contribution in [0, 0.1) is 0 Å². The summed E-state index contributed by atoms with van der Waals surface area (Å²) in [6.45, 7) is 10.1. The molecule has 1 N–H and O–H groups in total. The predicted octanol–water partition coefficient (Wildman–Crippen LogP) is 3.49. The van der Waals surface area contributed by atoms with Gasteiger partial charge in [0.1, 0.15) is 17.9 Å². The Labute approximate surface area is 235 Å². The molecule has 2 aliphatic heterocycles. The molecule has 1 aromatic heterocycles. The Bertz CT molecular complexity index is 1260. The van der Waals surface area contributed by atoms with Crippen molar-refractivity contribution in [2.75, 3.05) is 89.6 Å². The Morgan fingerprint density at radius 2 is 1.75 bits per heavy atom. The molecule has 0 aliphatic carbocycles. The van der Waals surface area contributed by atoms with E-state index in [1.165, 1.54) is 0 Å². The average Bonchev–Trinajstić information content (AvgIpc) is 3.00. The van der Waals surface area contributed by atoms with E-state index >= 15 is 0 Å². The molecule has 11 heteroatoms. The van der Waals surface area contributed by atoms with Gasteiger partial charge in [0.2, 0.25) is 0 Å². The topological polar surface area (TPSA) is 102 Å². The second kappa shape index (κ2) is 13.5. The summed E-state index contributed by atoms with van der Waals surface area (Å²) < 4.78 is 22.7. The van der Waals surface area contributed by atoms with E-state index in [2.05, 4.69) is 25.1 Å². The first-order valence-corrected chi connectivity index (χ1v) is 13.9. The Hall–Kier alpha value is -3.83. The van der Waals surface area contributed by atoms with Gasteiger partial charge in [0.05, 0.1) is 39.1 Å². The molecule has 214 valence electrons. The van der Waals surface area contributed by atoms with Crippen molar-refractivity contribution in [2.24, 2.45) is 0 Å². The maximum absolute atomic E-state index is 12.9. The summed E-state index contributed by atoms with van der Waals surface area (Å²) in [5.41, 5.74) is 1.54. The first-order chi connectivity index (χ1) is 19.6. The maximum atomic E-state index is 12.9. The number of amides is 2. The number of hydrogen-bond donors (Lipinski definition) is 1. The van der Waals surface area contributed by atoms with Crippen LogP contribution in [0.3, 0.4) is 0 Å². The minimum atomic E-state index is -0.117. The van der Waals surface area contributed by atoms with Crippen LogP contribution in [0.4, 0.5) is 16.3 Å². The minimum absolute atomic E-state index is 0.117. The molecular weight excluding hydrogens is 512 g/mol. The van der Waals surface area contributed by atoms with E-state index < -0.39 is 0 Å². The Balaban J connectivity index is 1.18. The van der Waals surface area contributed by atoms with Crippen molar-refractivity contribution in [3.63, 3.8) is 0 Å². The van der Waals surface area contributed by atoms with Crippen molar-refractivity contribution >= 4 is 28.4 Å². The van der Waals surface area contributed by atoms with Crippen molar-refractivity contribution in [3.05, 3.63) is 42.7 Å². The normalized spacial score (nSPS) is 16.1. The van der Waals surface area contributed by atoms with Gasteiger partial charge in [-0.1, -0.05) is 0 Å². The molecule has 5 rings (SSSR count). The lowest BCUT2D eigenvalue weighted by Gasteiger charge is -2.35. The number of nitrogens with one attached hydrogen (secondary N) is 1. The number of urea groups is 1. The minimum Gasteiger partial charge on any atom is -0.494 e. The van der Waals surface area contributed by atoms with E-state index in [9.17, 15) is 4.79 Å². The van der Waals surface area contributed by atoms with Gasteiger partial charge in [0.15, 0.2) is 11.5 Å². The van der Waals surface area contributed by atoms with Crippen LogP contribution >= 0.6 is 0 Å². The number of rotatable bonds is 10. The second-order valence-electron chi connectivity index (χ2n) is 9.74. The molecule has 0 bridgehead atoms. The molecule has 11 nitrogen and oxygen atoms in total. The van der Waals surface area contributed by atoms with Gasteiger partial charge in [0.25, 0.3) is 0 Å². The van der Waals surface area contributed by atoms with E-state index in [1.54, 1.807) is 13.4 Å². The Morgan fingerprint density at radius 3 is 2.48 bits per heavy atom. The number of carbonyl (C=O) groups is 1. The van der Waals surface area contributed by atoms with E-state index in [4.69, 9.17) is 18.9 Å². The summed E-state index contributed by atoms with van der Waals surface area (Å²) in [4.78, 5) is 28.4. The van der Waals surface area contributed by atoms with Crippen LogP contribution in [0.1, 0.15) is 13.3 Å². The fourth-order valence-corrected chi connectivity index (χ4v) is 4.99. The molecule has 2 aromatic carbocycles. The number of hydrogen-bond acceptors (Lipinski definition) is 9. The molecule has 0 radical (unpaired) electrons. The van der Waals surface area contributed by atoms with Gasteiger partial charge >= 0.3 is 6.03 Å². The second-order valence-corrected chi connectivity index (χ2v) is 9.74. The summed E-state index contributed by atoms with van der Waals surface area (Å²) in [5, 5.41) is 3.87. The number of nitrogens with zero attached hydrogens (tertiary/aromatic N) is 5. The van der Waals surface area contributed by atoms with Crippen molar-refractivity contribution in [1.82, 2.24) is 19.8 Å². The molecular formula is C29H38N6O5. The zero-order valence-electron chi connectivity index (χ0n) is 23.3. The number of ether oxygens (including phenoxy) is 4. The SMILES string of the molecule is CCOc1ccc(NC(=O)N2CCN(c3ncnc4cc(OCCCN5CCOCC5)c(OC)cc34)CC2)cc1. The Morgan fingerprint density at radius 1 is 0.975 bits per heavy atom. The van der Waals surface area contributed by atoms with Crippen molar-refractivity contribution in [2.45, 2.75) is 13.3 Å². The molecule has 2 amide bonds. The zero-order chi connectivity index (χ0) is 27.7. The highest BCUT2D eigenvalue weighted by Gasteiger charge is 2.24. The monoisotopic (exact) mass is 550 g/mol. The van der Waals surface area contributed by atoms with Crippen LogP contribution in [0.15, 0.2) is 42.7 Å². The van der Waals surface area contributed by atoms with Gasteiger partial charge in [-0.3, -0.25) is 4.90 Å². The molecule has 2 fully saturated rings. The van der Waals surface area contributed by atoms with Crippen LogP contribution in [-0.2, 0) is 4.74 Å². The molecule has 0 spiro atoms. The molecule has 2 aliphatic rings. The number of methoxy groups -OCH3 is 1. The number of carbonyl (C=O) groups excluding carboxylic acids is 1. The Kier molecular flexibility index (Phi) is 9.35. The lowest BCUT2D eigenvalue weighted by molar-refractivity contribution is 0.0357. The molecule has 0 atom stereocenters. The van der Waals surface area contributed by atoms with E-state index in [0.717, 1.165) is 67.4 Å². The third kappa shape index (κ3) is 6.83. The van der Waals surface area contributed by atoms with Crippen LogP contribution in [0.2, 0.25) is 0 Å². The number of piperazine rings is 1. The lowest BCUT2D eigenvalue weighted by Crippen LogP contribution is -2.50. The summed E-state index contributed by atoms with van der Waals surface area (Å²) >= 11 is 0. The molecule has 0 unspecified atom stereocenters. The summed E-state index contributed by atoms with van der Waals surface area (Å²) in [7, 11) is 1.65. The number of aromatic nitrogens is 2. The molecule has 3 aromatic rings. The smallest absolute Gasteiger partial charge is 0.321 e. The fraction of sp³-hybridized carbons (Fsp3) is 0.483. The van der Waals surface area contributed by atoms with Gasteiger partial charge < -0.3 is 34.1 Å². The van der Waals surface area contributed by atoms with E-state index in [1.807, 2.05) is 48.2 Å². The molecule has 2 saturated heterocycles. The van der Waals surface area contributed by atoms with Crippen LogP contribution in [-0.4, -0.2) is 105 Å². The van der Waals surface area contributed by atoms with Gasteiger partial charge in [-0.2, -0.15) is 0 Å². The zero-order valence-corrected chi connectivity index (χ0v) is 23.3. The van der Waals surface area contributed by atoms with E-state index in [-0.39, 0.29) is 6.03 Å². The first-order valence-electron chi connectivity index (χ1n) is 13.9. The summed E-state index contributed by atoms with van der Waals surface area (Å²) in [6.07, 6.45) is 2.50. The van der Waals surface area contributed by atoms with E-state index in [0.29, 0.717) is 50.9 Å². The van der Waals surface area contributed by atoms with Crippen molar-refractivity contribution < 1.29 is 23.7 Å². The van der Waals surface area contributed by atoms with Crippen molar-refractivity contribution in [1.29, 1.82) is 0 Å². The largest absolute Gasteiger partial charge is 0.494 e. The van der Waals surface area contributed by atoms with Gasteiger partial charge in [-0.15, -0.1) is 0 Å². The fourth-order valence-electron chi connectivity index (χ4n) is 4.99. The number of morpholine rings is 1. The van der Waals surface area contributed by atoms with Crippen molar-refractivity contribution in [3.8, 4) is 17.2 Å². The number of benzene rings is 2. The average molecular weight is 551 g/mol. The number of fused-ring (bicyclic) bond motifs is 1. The molecule has 40 heavy (non-hydrogen) atoms. The standard InChI is InChI=1S/C29H38N6O5/c1-3-39-23-7-5-22(6-8-23)32-29(36)35-12-10-34(11-13-35)28-24-19-26(37-2)27(20-25(24)30-21-31-28)40-16-4-9-33-14-17-38-18-15-33/h5-8,19-21H,3-4,9-18H2,1-2H3,(H,32,36). The van der Waals surface area contributed by atoms with Crippen LogP contribution in [0.25, 0.3) is 10.9 Å². The lowest BCUT2D eigenvalue weighted by atomic mass is 10.2. The highest BCUT2D eigenvalue weighted by Crippen LogP contribution is 2.35. The van der Waals surface area contributed by atoms with Crippen LogP contribution in [0.5, 0.6) is 17.2 Å². The summed E-state index contributed by atoms with van der Waals surface area (Å²) in [5.74, 6) is 2.94. The van der Waals surface area contributed by atoms with Gasteiger partial charge in [0, 0.05) is 63.0 Å². The highest BCUT2D eigenvalue weighted by molar-refractivity contribution is 5.92. The highest BCUT2D eigenvalue weighted by atomic mass is 16.5. The first kappa shape index (κ1) is 27.7. The predicted molar refractivity (Wildman–Crippen MR) is 154 cm³/mol. The maximum Gasteiger partial charge on any atom is 0.321 e. The van der Waals surface area contributed by atoms with Crippen LogP contribution < -0.4 is 24.4 Å². The quantitative estimate of drug-likeness (QED) is 0.380. The summed E-state index contributed by atoms with van der Waals surface area (Å²) in [6, 6.07) is 11.2. The third-order valence-corrected chi connectivity index (χ3v) is 7.16. The van der Waals surface area contributed by atoms with Gasteiger partial charge in [-0.05, 0) is 43.7 Å². The third-order valence-electron chi connectivity index (χ3n) is 7.16. The number of anilines is 2.